The van der Waals surface area contributed by atoms with Gasteiger partial charge in [0.15, 0.2) is 5.52 Å². The van der Waals surface area contributed by atoms with Gasteiger partial charge >= 0.3 is 0 Å². The van der Waals surface area contributed by atoms with Crippen LogP contribution in [-0.4, -0.2) is 25.3 Å². The average Bonchev–Trinajstić information content (AvgIpc) is 2.76. The smallest absolute Gasteiger partial charge is 0.242 e. The number of nitrogens with one attached hydrogen (secondary N) is 1. The molecule has 17 heavy (non-hydrogen) atoms. The standard InChI is InChI=1S/C10H13N3O3S/c1-2-3-7-11-17(14,15)9-6-4-5-8-10(9)13-16-12-8/h4-6,11H,2-3,7H2,1H3. The number of benzene rings is 1. The molecule has 1 N–H and O–H groups in total. The highest BCUT2D eigenvalue weighted by Crippen LogP contribution is 2.19. The van der Waals surface area contributed by atoms with Crippen molar-refractivity contribution in [2.75, 3.05) is 6.54 Å². The molecule has 0 aliphatic rings. The van der Waals surface area contributed by atoms with Crippen molar-refractivity contribution in [1.29, 1.82) is 0 Å². The summed E-state index contributed by atoms with van der Waals surface area (Å²) in [6.45, 7) is 2.41. The molecule has 0 spiro atoms. The molecule has 0 fully saturated rings. The van der Waals surface area contributed by atoms with Crippen molar-refractivity contribution >= 4 is 21.1 Å². The summed E-state index contributed by atoms with van der Waals surface area (Å²) in [5.41, 5.74) is 0.694. The van der Waals surface area contributed by atoms with E-state index in [1.807, 2.05) is 6.92 Å². The van der Waals surface area contributed by atoms with Crippen molar-refractivity contribution in [3.63, 3.8) is 0 Å². The molecule has 0 aliphatic carbocycles. The van der Waals surface area contributed by atoms with Crippen LogP contribution in [-0.2, 0) is 10.0 Å². The Morgan fingerprint density at radius 2 is 2.18 bits per heavy atom. The van der Waals surface area contributed by atoms with E-state index in [9.17, 15) is 8.42 Å². The minimum atomic E-state index is -3.54. The van der Waals surface area contributed by atoms with Crippen molar-refractivity contribution < 1.29 is 13.0 Å². The minimum absolute atomic E-state index is 0.104. The fourth-order valence-corrected chi connectivity index (χ4v) is 2.68. The number of rotatable bonds is 5. The molecular weight excluding hydrogens is 242 g/mol. The number of hydrogen-bond acceptors (Lipinski definition) is 5. The van der Waals surface area contributed by atoms with Crippen LogP contribution < -0.4 is 4.72 Å². The lowest BCUT2D eigenvalue weighted by atomic mass is 10.3. The SMILES string of the molecule is CCCCNS(=O)(=O)c1cccc2nonc12. The maximum atomic E-state index is 12.0. The zero-order valence-electron chi connectivity index (χ0n) is 9.38. The van der Waals surface area contributed by atoms with Crippen LogP contribution in [0.25, 0.3) is 11.0 Å². The molecule has 0 radical (unpaired) electrons. The first-order valence-corrected chi connectivity index (χ1v) is 6.84. The fraction of sp³-hybridized carbons (Fsp3) is 0.400. The molecule has 2 aromatic rings. The van der Waals surface area contributed by atoms with Gasteiger partial charge in [0.05, 0.1) is 0 Å². The van der Waals surface area contributed by atoms with Gasteiger partial charge in [-0.2, -0.15) is 0 Å². The number of nitrogens with zero attached hydrogens (tertiary/aromatic N) is 2. The van der Waals surface area contributed by atoms with E-state index in [1.54, 1.807) is 12.1 Å². The summed E-state index contributed by atoms with van der Waals surface area (Å²) in [5.74, 6) is 0. The number of aromatic nitrogens is 2. The van der Waals surface area contributed by atoms with Crippen molar-refractivity contribution in [2.24, 2.45) is 0 Å². The summed E-state index contributed by atoms with van der Waals surface area (Å²) in [4.78, 5) is 0.104. The molecular formula is C10H13N3O3S. The van der Waals surface area contributed by atoms with Gasteiger partial charge in [-0.1, -0.05) is 19.4 Å². The first-order chi connectivity index (χ1) is 8.15. The summed E-state index contributed by atoms with van der Waals surface area (Å²) in [6.07, 6.45) is 1.73. The molecule has 0 bridgehead atoms. The van der Waals surface area contributed by atoms with Gasteiger partial charge in [0.2, 0.25) is 10.0 Å². The van der Waals surface area contributed by atoms with Crippen LogP contribution in [0.1, 0.15) is 19.8 Å². The topological polar surface area (TPSA) is 85.1 Å². The Morgan fingerprint density at radius 3 is 2.94 bits per heavy atom. The Labute approximate surface area is 99.0 Å². The first-order valence-electron chi connectivity index (χ1n) is 5.36. The zero-order valence-corrected chi connectivity index (χ0v) is 10.2. The molecule has 0 saturated heterocycles. The number of fused-ring (bicyclic) bond motifs is 1. The molecule has 0 amide bonds. The van der Waals surface area contributed by atoms with Crippen molar-refractivity contribution in [3.8, 4) is 0 Å². The lowest BCUT2D eigenvalue weighted by molar-refractivity contribution is 0.315. The first kappa shape index (κ1) is 12.0. The molecule has 0 unspecified atom stereocenters. The quantitative estimate of drug-likeness (QED) is 0.814. The van der Waals surface area contributed by atoms with E-state index in [4.69, 9.17) is 0 Å². The monoisotopic (exact) mass is 255 g/mol. The molecule has 0 atom stereocenters. The van der Waals surface area contributed by atoms with Gasteiger partial charge in [-0.05, 0) is 28.9 Å². The van der Waals surface area contributed by atoms with E-state index in [2.05, 4.69) is 19.7 Å². The second kappa shape index (κ2) is 4.80. The molecule has 6 nitrogen and oxygen atoms in total. The van der Waals surface area contributed by atoms with E-state index < -0.39 is 10.0 Å². The molecule has 1 aromatic heterocycles. The molecule has 1 aromatic carbocycles. The highest BCUT2D eigenvalue weighted by atomic mass is 32.2. The summed E-state index contributed by atoms with van der Waals surface area (Å²) in [5, 5.41) is 7.22. The van der Waals surface area contributed by atoms with Gasteiger partial charge in [0.25, 0.3) is 0 Å². The Balaban J connectivity index is 2.35. The number of sulfonamides is 1. The second-order valence-electron chi connectivity index (χ2n) is 3.64. The van der Waals surface area contributed by atoms with Crippen LogP contribution in [0.3, 0.4) is 0 Å². The number of unbranched alkanes of at least 4 members (excludes halogenated alkanes) is 1. The van der Waals surface area contributed by atoms with Gasteiger partial charge in [0, 0.05) is 6.54 Å². The van der Waals surface area contributed by atoms with Crippen LogP contribution in [0.5, 0.6) is 0 Å². The van der Waals surface area contributed by atoms with Crippen molar-refractivity contribution in [3.05, 3.63) is 18.2 Å². The number of hydrogen-bond donors (Lipinski definition) is 1. The van der Waals surface area contributed by atoms with Crippen molar-refractivity contribution in [1.82, 2.24) is 15.0 Å². The molecule has 0 aliphatic heterocycles. The van der Waals surface area contributed by atoms with E-state index in [0.717, 1.165) is 12.8 Å². The lowest BCUT2D eigenvalue weighted by Gasteiger charge is -2.05. The summed E-state index contributed by atoms with van der Waals surface area (Å²) in [6, 6.07) is 4.75. The predicted octanol–water partition coefficient (Wildman–Crippen LogP) is 1.30. The Morgan fingerprint density at radius 1 is 1.35 bits per heavy atom. The van der Waals surface area contributed by atoms with Crippen LogP contribution in [0.15, 0.2) is 27.7 Å². The van der Waals surface area contributed by atoms with Crippen LogP contribution in [0.4, 0.5) is 0 Å². The molecule has 1 heterocycles. The molecule has 0 saturated carbocycles. The maximum absolute atomic E-state index is 12.0. The zero-order chi connectivity index (χ0) is 12.3. The van der Waals surface area contributed by atoms with E-state index >= 15 is 0 Å². The Kier molecular flexibility index (Phi) is 3.39. The van der Waals surface area contributed by atoms with Gasteiger partial charge in [0.1, 0.15) is 10.4 Å². The van der Waals surface area contributed by atoms with Gasteiger partial charge in [-0.25, -0.2) is 17.8 Å². The summed E-state index contributed by atoms with van der Waals surface area (Å²) < 4.78 is 31.1. The summed E-state index contributed by atoms with van der Waals surface area (Å²) in [7, 11) is -3.54. The van der Waals surface area contributed by atoms with Crippen LogP contribution in [0, 0.1) is 0 Å². The van der Waals surface area contributed by atoms with Crippen molar-refractivity contribution in [2.45, 2.75) is 24.7 Å². The van der Waals surface area contributed by atoms with Gasteiger partial charge in [-0.3, -0.25) is 0 Å². The van der Waals surface area contributed by atoms with Gasteiger partial charge < -0.3 is 0 Å². The van der Waals surface area contributed by atoms with E-state index in [-0.39, 0.29) is 10.4 Å². The minimum Gasteiger partial charge on any atom is -0.243 e. The molecule has 2 rings (SSSR count). The fourth-order valence-electron chi connectivity index (χ4n) is 1.46. The summed E-state index contributed by atoms with van der Waals surface area (Å²) >= 11 is 0. The average molecular weight is 255 g/mol. The normalized spacial score (nSPS) is 12.1. The Hall–Kier alpha value is -1.47. The third-order valence-corrected chi connectivity index (χ3v) is 3.85. The highest BCUT2D eigenvalue weighted by molar-refractivity contribution is 7.89. The molecule has 92 valence electrons. The van der Waals surface area contributed by atoms with Crippen LogP contribution >= 0.6 is 0 Å². The maximum Gasteiger partial charge on any atom is 0.242 e. The second-order valence-corrected chi connectivity index (χ2v) is 5.37. The van der Waals surface area contributed by atoms with E-state index in [0.29, 0.717) is 12.1 Å². The van der Waals surface area contributed by atoms with E-state index in [1.165, 1.54) is 6.07 Å². The Bertz CT molecular complexity index is 606. The third-order valence-electron chi connectivity index (χ3n) is 2.36. The largest absolute Gasteiger partial charge is 0.243 e. The lowest BCUT2D eigenvalue weighted by Crippen LogP contribution is -2.24. The predicted molar refractivity (Wildman–Crippen MR) is 61.9 cm³/mol. The van der Waals surface area contributed by atoms with Crippen LogP contribution in [0.2, 0.25) is 0 Å². The molecule has 7 heteroatoms. The van der Waals surface area contributed by atoms with Gasteiger partial charge in [-0.15, -0.1) is 0 Å². The highest BCUT2D eigenvalue weighted by Gasteiger charge is 2.19. The third kappa shape index (κ3) is 2.45.